The molecule has 26 heavy (non-hydrogen) atoms. The summed E-state index contributed by atoms with van der Waals surface area (Å²) in [5.41, 5.74) is -0.258. The van der Waals surface area contributed by atoms with Crippen molar-refractivity contribution in [3.8, 4) is 0 Å². The third-order valence-corrected chi connectivity index (χ3v) is 5.06. The fraction of sp³-hybridized carbons (Fsp3) is 0.476. The molecule has 0 amide bonds. The van der Waals surface area contributed by atoms with Crippen LogP contribution in [0.15, 0.2) is 35.4 Å². The molecule has 0 spiro atoms. The van der Waals surface area contributed by atoms with E-state index in [-0.39, 0.29) is 17.8 Å². The van der Waals surface area contributed by atoms with Crippen molar-refractivity contribution in [1.82, 2.24) is 0 Å². The molecule has 0 bridgehead atoms. The molecule has 2 aliphatic rings. The number of carbonyl (C=O) groups is 1. The third kappa shape index (κ3) is 2.78. The molecule has 0 atom stereocenters. The minimum absolute atomic E-state index is 0.153. The minimum Gasteiger partial charge on any atom is -0.479 e. The van der Waals surface area contributed by atoms with Crippen molar-refractivity contribution < 1.29 is 22.7 Å². The molecule has 0 aromatic heterocycles. The number of carbonyl (C=O) groups excluding carboxylic acids is 1. The lowest BCUT2D eigenvalue weighted by molar-refractivity contribution is -0.133. The van der Waals surface area contributed by atoms with Gasteiger partial charge in [0, 0.05) is 11.1 Å². The number of Topliss-reactive ketones (excluding diaryl/α,β-unsaturated/α-hetero) is 1. The molecule has 3 rings (SSSR count). The van der Waals surface area contributed by atoms with Crippen LogP contribution in [0, 0.1) is 6.92 Å². The third-order valence-electron chi connectivity index (χ3n) is 5.06. The van der Waals surface area contributed by atoms with Crippen LogP contribution in [0.5, 0.6) is 0 Å². The van der Waals surface area contributed by atoms with Crippen molar-refractivity contribution in [2.24, 2.45) is 0 Å². The highest BCUT2D eigenvalue weighted by atomic mass is 19.3. The highest BCUT2D eigenvalue weighted by Gasteiger charge is 2.54. The Bertz CT molecular complexity index is 832. The fourth-order valence-corrected chi connectivity index (χ4v) is 3.64. The molecule has 0 radical (unpaired) electrons. The predicted octanol–water partition coefficient (Wildman–Crippen LogP) is 5.99. The molecule has 0 saturated heterocycles. The number of halogens is 3. The number of allylic oxidation sites excluding steroid dienone is 3. The van der Waals surface area contributed by atoms with E-state index in [4.69, 9.17) is 4.74 Å². The second-order valence-corrected chi connectivity index (χ2v) is 7.52. The van der Waals surface area contributed by atoms with Crippen LogP contribution in [0.25, 0.3) is 5.57 Å². The first kappa shape index (κ1) is 18.7. The summed E-state index contributed by atoms with van der Waals surface area (Å²) in [5, 5.41) is 0. The van der Waals surface area contributed by atoms with E-state index in [0.29, 0.717) is 24.0 Å². The van der Waals surface area contributed by atoms with Crippen molar-refractivity contribution in [1.29, 1.82) is 0 Å². The maximum absolute atomic E-state index is 15.1. The van der Waals surface area contributed by atoms with Crippen LogP contribution >= 0.6 is 0 Å². The van der Waals surface area contributed by atoms with Gasteiger partial charge >= 0.3 is 5.92 Å². The van der Waals surface area contributed by atoms with Gasteiger partial charge in [-0.2, -0.15) is 8.78 Å². The summed E-state index contributed by atoms with van der Waals surface area (Å²) in [6, 6.07) is 5.22. The van der Waals surface area contributed by atoms with Gasteiger partial charge in [0.05, 0.1) is 5.57 Å². The normalized spacial score (nSPS) is 20.7. The van der Waals surface area contributed by atoms with Gasteiger partial charge in [0.25, 0.3) is 0 Å². The van der Waals surface area contributed by atoms with E-state index in [2.05, 4.69) is 0 Å². The second kappa shape index (κ2) is 6.29. The molecular formula is C21H23F3O2. The number of alkyl halides is 2. The molecule has 1 aliphatic heterocycles. The molecule has 0 fully saturated rings. The zero-order chi connectivity index (χ0) is 19.3. The van der Waals surface area contributed by atoms with E-state index in [9.17, 15) is 13.6 Å². The van der Waals surface area contributed by atoms with Crippen LogP contribution in [0.3, 0.4) is 0 Å². The molecule has 1 aromatic carbocycles. The van der Waals surface area contributed by atoms with Crippen LogP contribution in [0.4, 0.5) is 13.2 Å². The Kier molecular flexibility index (Phi) is 4.53. The van der Waals surface area contributed by atoms with Gasteiger partial charge in [-0.1, -0.05) is 43.5 Å². The first-order chi connectivity index (χ1) is 12.1. The molecule has 2 nitrogen and oxygen atoms in total. The van der Waals surface area contributed by atoms with Crippen LogP contribution in [0.1, 0.15) is 63.1 Å². The molecule has 0 unspecified atom stereocenters. The maximum atomic E-state index is 15.1. The van der Waals surface area contributed by atoms with Gasteiger partial charge in [-0.15, -0.1) is 0 Å². The van der Waals surface area contributed by atoms with E-state index in [1.807, 2.05) is 13.0 Å². The summed E-state index contributed by atoms with van der Waals surface area (Å²) in [7, 11) is 0. The summed E-state index contributed by atoms with van der Waals surface area (Å²) in [6.07, 6.45) is 1.77. The standard InChI is InChI=1S/C21H23F3O2/c1-5-6-7-8-15-17(22)18-16(19(25)21(15,23)24)13-11-12(2)9-10-14(13)20(3,4)26-18/h9-11H,5-8H2,1-4H3. The molecule has 1 aromatic rings. The summed E-state index contributed by atoms with van der Waals surface area (Å²) in [4.78, 5) is 12.7. The number of unbranched alkanes of at least 4 members (excludes halogenated alkanes) is 2. The van der Waals surface area contributed by atoms with Crippen LogP contribution < -0.4 is 0 Å². The van der Waals surface area contributed by atoms with E-state index >= 15 is 4.39 Å². The molecule has 1 aliphatic carbocycles. The van der Waals surface area contributed by atoms with Gasteiger partial charge in [-0.25, -0.2) is 4.39 Å². The number of benzene rings is 1. The van der Waals surface area contributed by atoms with E-state index in [0.717, 1.165) is 12.0 Å². The minimum atomic E-state index is -3.84. The number of aryl methyl sites for hydroxylation is 1. The zero-order valence-corrected chi connectivity index (χ0v) is 15.5. The zero-order valence-electron chi connectivity index (χ0n) is 15.5. The monoisotopic (exact) mass is 364 g/mol. The smallest absolute Gasteiger partial charge is 0.334 e. The Morgan fingerprint density at radius 1 is 1.15 bits per heavy atom. The number of rotatable bonds is 4. The lowest BCUT2D eigenvalue weighted by Gasteiger charge is -2.39. The second-order valence-electron chi connectivity index (χ2n) is 7.52. The summed E-state index contributed by atoms with van der Waals surface area (Å²) in [5.74, 6) is -6.64. The van der Waals surface area contributed by atoms with Crippen molar-refractivity contribution >= 4 is 11.4 Å². The number of hydrogen-bond donors (Lipinski definition) is 0. The molecule has 1 heterocycles. The maximum Gasteiger partial charge on any atom is 0.334 e. The highest BCUT2D eigenvalue weighted by Crippen LogP contribution is 2.51. The van der Waals surface area contributed by atoms with Crippen molar-refractivity contribution in [3.63, 3.8) is 0 Å². The largest absolute Gasteiger partial charge is 0.479 e. The summed E-state index contributed by atoms with van der Waals surface area (Å²) < 4.78 is 50.4. The average Bonchev–Trinajstić information content (AvgIpc) is 2.55. The Balaban J connectivity index is 2.22. The number of fused-ring (bicyclic) bond motifs is 2. The lowest BCUT2D eigenvalue weighted by atomic mass is 9.78. The SMILES string of the molecule is CCCCCC1=C(F)C2=C(C(=O)C1(F)F)c1cc(C)ccc1C(C)(C)O2. The van der Waals surface area contributed by atoms with Crippen molar-refractivity contribution in [2.75, 3.05) is 0 Å². The van der Waals surface area contributed by atoms with Gasteiger partial charge < -0.3 is 4.74 Å². The quantitative estimate of drug-likeness (QED) is 0.613. The first-order valence-electron chi connectivity index (χ1n) is 8.98. The van der Waals surface area contributed by atoms with E-state index < -0.39 is 28.7 Å². The Hall–Kier alpha value is -2.04. The number of ether oxygens (including phenoxy) is 1. The van der Waals surface area contributed by atoms with Crippen molar-refractivity contribution in [3.05, 3.63) is 52.0 Å². The molecule has 5 heteroatoms. The van der Waals surface area contributed by atoms with Crippen LogP contribution in [-0.2, 0) is 15.1 Å². The van der Waals surface area contributed by atoms with Gasteiger partial charge in [0.15, 0.2) is 11.6 Å². The van der Waals surface area contributed by atoms with Crippen LogP contribution in [0.2, 0.25) is 0 Å². The lowest BCUT2D eigenvalue weighted by Crippen LogP contribution is -2.40. The molecule has 0 N–H and O–H groups in total. The first-order valence-corrected chi connectivity index (χ1v) is 8.98. The van der Waals surface area contributed by atoms with Crippen LogP contribution in [-0.4, -0.2) is 11.7 Å². The summed E-state index contributed by atoms with van der Waals surface area (Å²) >= 11 is 0. The number of hydrogen-bond acceptors (Lipinski definition) is 2. The molecule has 0 saturated carbocycles. The topological polar surface area (TPSA) is 26.3 Å². The van der Waals surface area contributed by atoms with E-state index in [1.165, 1.54) is 0 Å². The number of ketones is 1. The van der Waals surface area contributed by atoms with E-state index in [1.54, 1.807) is 32.9 Å². The average molecular weight is 364 g/mol. The van der Waals surface area contributed by atoms with Gasteiger partial charge in [-0.05, 0) is 39.2 Å². The van der Waals surface area contributed by atoms with Gasteiger partial charge in [0.1, 0.15) is 5.60 Å². The van der Waals surface area contributed by atoms with Crippen molar-refractivity contribution in [2.45, 2.75) is 64.9 Å². The summed E-state index contributed by atoms with van der Waals surface area (Å²) in [6.45, 7) is 7.22. The highest BCUT2D eigenvalue weighted by molar-refractivity contribution is 6.28. The molecular weight excluding hydrogens is 341 g/mol. The Morgan fingerprint density at radius 2 is 1.85 bits per heavy atom. The Morgan fingerprint density at radius 3 is 2.50 bits per heavy atom. The van der Waals surface area contributed by atoms with Gasteiger partial charge in [0.2, 0.25) is 5.78 Å². The molecule has 140 valence electrons. The van der Waals surface area contributed by atoms with Gasteiger partial charge in [-0.3, -0.25) is 4.79 Å². The Labute approximate surface area is 151 Å². The predicted molar refractivity (Wildman–Crippen MR) is 94.4 cm³/mol. The fourth-order valence-electron chi connectivity index (χ4n) is 3.64.